The smallest absolute Gasteiger partial charge is 0.262 e. The normalized spacial score (nSPS) is 11.9. The van der Waals surface area contributed by atoms with Gasteiger partial charge in [-0.05, 0) is 25.2 Å². The summed E-state index contributed by atoms with van der Waals surface area (Å²) in [7, 11) is 1.95. The lowest BCUT2D eigenvalue weighted by molar-refractivity contribution is -0.119. The molecule has 20 heavy (non-hydrogen) atoms. The largest absolute Gasteiger partial charge is 0.319 e. The second-order valence-electron chi connectivity index (χ2n) is 4.38. The highest BCUT2D eigenvalue weighted by Gasteiger charge is 2.07. The van der Waals surface area contributed by atoms with Crippen LogP contribution in [0.5, 0.6) is 0 Å². The lowest BCUT2D eigenvalue weighted by Crippen LogP contribution is -2.29. The number of hydrogen-bond acceptors (Lipinski definition) is 3. The van der Waals surface area contributed by atoms with Crippen LogP contribution in [0.4, 0.5) is 0 Å². The van der Waals surface area contributed by atoms with E-state index in [-0.39, 0.29) is 18.3 Å². The van der Waals surface area contributed by atoms with Crippen molar-refractivity contribution in [2.24, 2.45) is 12.0 Å². The highest BCUT2D eigenvalue weighted by molar-refractivity contribution is 7.16. The van der Waals surface area contributed by atoms with Crippen LogP contribution in [0.2, 0.25) is 0 Å². The summed E-state index contributed by atoms with van der Waals surface area (Å²) in [6.45, 7) is 6.24. The highest BCUT2D eigenvalue weighted by atomic mass is 35.5. The molecular weight excluding hydrogens is 294 g/mol. The van der Waals surface area contributed by atoms with Crippen molar-refractivity contribution in [1.29, 1.82) is 0 Å². The van der Waals surface area contributed by atoms with Crippen LogP contribution in [0.3, 0.4) is 0 Å². The van der Waals surface area contributed by atoms with Crippen LogP contribution in [0.25, 0.3) is 10.2 Å². The van der Waals surface area contributed by atoms with Crippen molar-refractivity contribution in [3.8, 4) is 0 Å². The third kappa shape index (κ3) is 3.69. The Balaban J connectivity index is 0.00000200. The molecule has 6 heteroatoms. The number of para-hydroxylation sites is 1. The standard InChI is InChI=1S/C14H19N3OS.ClH/c1-4-17(5-2)10-13(18)15-14-16(3)11-8-6-7-9-12(11)19-14;/h6-9H,4-5,10H2,1-3H3;1H. The summed E-state index contributed by atoms with van der Waals surface area (Å²) < 4.78 is 3.12. The number of hydrogen-bond donors (Lipinski definition) is 0. The lowest BCUT2D eigenvalue weighted by Gasteiger charge is -2.14. The fourth-order valence-corrected chi connectivity index (χ4v) is 3.00. The van der Waals surface area contributed by atoms with Crippen LogP contribution >= 0.6 is 23.7 Å². The van der Waals surface area contributed by atoms with Gasteiger partial charge >= 0.3 is 0 Å². The first kappa shape index (κ1) is 16.9. The number of fused-ring (bicyclic) bond motifs is 1. The van der Waals surface area contributed by atoms with Gasteiger partial charge in [-0.15, -0.1) is 12.4 Å². The minimum Gasteiger partial charge on any atom is -0.319 e. The summed E-state index contributed by atoms with van der Waals surface area (Å²) >= 11 is 1.55. The summed E-state index contributed by atoms with van der Waals surface area (Å²) in [6.07, 6.45) is 0. The summed E-state index contributed by atoms with van der Waals surface area (Å²) in [4.78, 5) is 19.0. The van der Waals surface area contributed by atoms with Gasteiger partial charge in [0.1, 0.15) is 0 Å². The first-order valence-electron chi connectivity index (χ1n) is 6.50. The molecule has 2 aromatic rings. The number of benzene rings is 1. The first-order chi connectivity index (χ1) is 9.15. The summed E-state index contributed by atoms with van der Waals surface area (Å²) in [5.41, 5.74) is 1.11. The number of halogens is 1. The van der Waals surface area contributed by atoms with Crippen molar-refractivity contribution in [1.82, 2.24) is 9.47 Å². The van der Waals surface area contributed by atoms with Crippen LogP contribution in [0, 0.1) is 0 Å². The Labute approximate surface area is 129 Å². The molecule has 4 nitrogen and oxygen atoms in total. The second-order valence-corrected chi connectivity index (χ2v) is 5.39. The van der Waals surface area contributed by atoms with Crippen LogP contribution in [-0.2, 0) is 11.8 Å². The number of thiazole rings is 1. The molecule has 0 N–H and O–H groups in total. The lowest BCUT2D eigenvalue weighted by atomic mass is 10.3. The van der Waals surface area contributed by atoms with Crippen LogP contribution in [0.1, 0.15) is 13.8 Å². The molecule has 0 atom stereocenters. The maximum absolute atomic E-state index is 12.0. The van der Waals surface area contributed by atoms with Crippen molar-refractivity contribution in [2.75, 3.05) is 19.6 Å². The van der Waals surface area contributed by atoms with Gasteiger partial charge in [0.15, 0.2) is 4.80 Å². The Kier molecular flexibility index (Phi) is 6.39. The topological polar surface area (TPSA) is 37.6 Å². The Hall–Kier alpha value is -1.17. The quantitative estimate of drug-likeness (QED) is 0.869. The van der Waals surface area contributed by atoms with E-state index >= 15 is 0 Å². The molecule has 0 unspecified atom stereocenters. The molecule has 0 fully saturated rings. The number of nitrogens with zero attached hydrogens (tertiary/aromatic N) is 3. The van der Waals surface area contributed by atoms with E-state index in [1.807, 2.05) is 35.9 Å². The van der Waals surface area contributed by atoms with E-state index in [0.717, 1.165) is 28.1 Å². The van der Waals surface area contributed by atoms with Gasteiger partial charge in [-0.1, -0.05) is 37.3 Å². The third-order valence-electron chi connectivity index (χ3n) is 3.19. The van der Waals surface area contributed by atoms with Gasteiger partial charge in [0.2, 0.25) is 0 Å². The first-order valence-corrected chi connectivity index (χ1v) is 7.31. The fraction of sp³-hybridized carbons (Fsp3) is 0.429. The van der Waals surface area contributed by atoms with Crippen molar-refractivity contribution < 1.29 is 4.79 Å². The van der Waals surface area contributed by atoms with Gasteiger partial charge in [0.25, 0.3) is 5.91 Å². The van der Waals surface area contributed by atoms with Crippen molar-refractivity contribution in [2.45, 2.75) is 13.8 Å². The molecule has 0 spiro atoms. The summed E-state index contributed by atoms with van der Waals surface area (Å²) in [6, 6.07) is 8.09. The summed E-state index contributed by atoms with van der Waals surface area (Å²) in [5.74, 6) is -0.0779. The zero-order chi connectivity index (χ0) is 13.8. The van der Waals surface area contributed by atoms with Crippen LogP contribution in [0.15, 0.2) is 29.3 Å². The number of amides is 1. The Morgan fingerprint density at radius 1 is 1.30 bits per heavy atom. The van der Waals surface area contributed by atoms with Crippen molar-refractivity contribution >= 4 is 39.9 Å². The van der Waals surface area contributed by atoms with E-state index in [0.29, 0.717) is 6.54 Å². The van der Waals surface area contributed by atoms with Gasteiger partial charge in [0.05, 0.1) is 16.8 Å². The number of likely N-dealkylation sites (N-methyl/N-ethyl adjacent to an activating group) is 1. The Morgan fingerprint density at radius 3 is 2.55 bits per heavy atom. The highest BCUT2D eigenvalue weighted by Crippen LogP contribution is 2.15. The molecule has 0 aliphatic carbocycles. The molecule has 0 saturated carbocycles. The van der Waals surface area contributed by atoms with E-state index < -0.39 is 0 Å². The average Bonchev–Trinajstić information content (AvgIpc) is 2.73. The van der Waals surface area contributed by atoms with E-state index in [1.54, 1.807) is 11.3 Å². The molecule has 1 aromatic carbocycles. The zero-order valence-electron chi connectivity index (χ0n) is 12.0. The molecule has 1 aromatic heterocycles. The van der Waals surface area contributed by atoms with E-state index in [2.05, 4.69) is 23.7 Å². The molecule has 0 bridgehead atoms. The average molecular weight is 314 g/mol. The third-order valence-corrected chi connectivity index (χ3v) is 4.30. The molecule has 0 saturated heterocycles. The molecule has 0 aliphatic rings. The molecule has 110 valence electrons. The predicted molar refractivity (Wildman–Crippen MR) is 86.4 cm³/mol. The maximum Gasteiger partial charge on any atom is 0.262 e. The van der Waals surface area contributed by atoms with E-state index in [4.69, 9.17) is 0 Å². The van der Waals surface area contributed by atoms with Crippen molar-refractivity contribution in [3.63, 3.8) is 0 Å². The Bertz CT molecular complexity index is 643. The molecule has 2 rings (SSSR count). The number of aromatic nitrogens is 1. The van der Waals surface area contributed by atoms with Gasteiger partial charge in [-0.25, -0.2) is 0 Å². The fourth-order valence-electron chi connectivity index (χ4n) is 1.97. The number of carbonyl (C=O) groups excluding carboxylic acids is 1. The van der Waals surface area contributed by atoms with Crippen LogP contribution in [-0.4, -0.2) is 35.0 Å². The van der Waals surface area contributed by atoms with Crippen molar-refractivity contribution in [3.05, 3.63) is 29.1 Å². The van der Waals surface area contributed by atoms with Gasteiger partial charge in [-0.3, -0.25) is 9.69 Å². The zero-order valence-corrected chi connectivity index (χ0v) is 13.6. The molecule has 0 aliphatic heterocycles. The number of aryl methyl sites for hydroxylation is 1. The SMILES string of the molecule is CCN(CC)CC(=O)N=c1sc2ccccc2n1C.Cl. The van der Waals surface area contributed by atoms with Crippen LogP contribution < -0.4 is 4.80 Å². The van der Waals surface area contributed by atoms with Gasteiger partial charge < -0.3 is 4.57 Å². The van der Waals surface area contributed by atoms with Gasteiger partial charge in [-0.2, -0.15) is 4.99 Å². The molecule has 1 amide bonds. The maximum atomic E-state index is 12.0. The monoisotopic (exact) mass is 313 g/mol. The number of carbonyl (C=O) groups is 1. The second kappa shape index (κ2) is 7.57. The van der Waals surface area contributed by atoms with Gasteiger partial charge in [0, 0.05) is 7.05 Å². The molecular formula is C14H20ClN3OS. The minimum absolute atomic E-state index is 0. The molecule has 0 radical (unpaired) electrons. The summed E-state index contributed by atoms with van der Waals surface area (Å²) in [5, 5.41) is 0. The molecule has 1 heterocycles. The predicted octanol–water partition coefficient (Wildman–Crippen LogP) is 2.43. The minimum atomic E-state index is -0.0779. The van der Waals surface area contributed by atoms with E-state index in [1.165, 1.54) is 0 Å². The van der Waals surface area contributed by atoms with E-state index in [9.17, 15) is 4.79 Å². The number of rotatable bonds is 4. The Morgan fingerprint density at radius 2 is 1.95 bits per heavy atom.